The van der Waals surface area contributed by atoms with Crippen LogP contribution < -0.4 is 5.32 Å². The Morgan fingerprint density at radius 2 is 1.75 bits per heavy atom. The van der Waals surface area contributed by atoms with Gasteiger partial charge in [0, 0.05) is 23.0 Å². The van der Waals surface area contributed by atoms with E-state index in [1.165, 1.54) is 12.1 Å². The van der Waals surface area contributed by atoms with Crippen LogP contribution in [0.4, 0.5) is 5.69 Å². The molecular formula is C22H21ClN2O3. The quantitative estimate of drug-likeness (QED) is 0.538. The van der Waals surface area contributed by atoms with Crippen LogP contribution in [0.5, 0.6) is 0 Å². The molecule has 5 nitrogen and oxygen atoms in total. The van der Waals surface area contributed by atoms with Crippen molar-refractivity contribution in [3.63, 3.8) is 0 Å². The van der Waals surface area contributed by atoms with Gasteiger partial charge in [-0.1, -0.05) is 44.5 Å². The van der Waals surface area contributed by atoms with Gasteiger partial charge < -0.3 is 15.4 Å². The molecule has 0 aliphatic carbocycles. The van der Waals surface area contributed by atoms with Crippen LogP contribution >= 0.6 is 11.6 Å². The van der Waals surface area contributed by atoms with Crippen molar-refractivity contribution < 1.29 is 14.7 Å². The minimum Gasteiger partial charge on any atom is -0.478 e. The molecule has 6 heteroatoms. The van der Waals surface area contributed by atoms with E-state index in [-0.39, 0.29) is 16.7 Å². The maximum atomic E-state index is 12.6. The summed E-state index contributed by atoms with van der Waals surface area (Å²) < 4.78 is 0. The zero-order valence-corrected chi connectivity index (χ0v) is 16.6. The number of hydrogen-bond donors (Lipinski definition) is 3. The van der Waals surface area contributed by atoms with Gasteiger partial charge in [-0.3, -0.25) is 4.79 Å². The molecule has 0 aliphatic rings. The lowest BCUT2D eigenvalue weighted by molar-refractivity contribution is 0.0698. The number of aromatic nitrogens is 1. The number of amides is 1. The molecule has 0 saturated heterocycles. The highest BCUT2D eigenvalue weighted by atomic mass is 35.5. The zero-order valence-electron chi connectivity index (χ0n) is 15.8. The van der Waals surface area contributed by atoms with Gasteiger partial charge in [-0.25, -0.2) is 4.79 Å². The first kappa shape index (κ1) is 19.7. The van der Waals surface area contributed by atoms with Crippen LogP contribution in [-0.4, -0.2) is 22.0 Å². The van der Waals surface area contributed by atoms with Gasteiger partial charge >= 0.3 is 5.97 Å². The first-order valence-electron chi connectivity index (χ1n) is 8.79. The number of rotatable bonds is 4. The van der Waals surface area contributed by atoms with Crippen molar-refractivity contribution in [2.75, 3.05) is 5.32 Å². The number of anilines is 1. The molecule has 3 N–H and O–H groups in total. The Bertz CT molecular complexity index is 1020. The highest BCUT2D eigenvalue weighted by molar-refractivity contribution is 6.34. The van der Waals surface area contributed by atoms with Crippen molar-refractivity contribution in [3.05, 3.63) is 76.4 Å². The number of carbonyl (C=O) groups is 2. The van der Waals surface area contributed by atoms with Gasteiger partial charge in [0.15, 0.2) is 0 Å². The van der Waals surface area contributed by atoms with Gasteiger partial charge in [0.25, 0.3) is 5.91 Å². The molecule has 0 aliphatic heterocycles. The van der Waals surface area contributed by atoms with Gasteiger partial charge in [0.2, 0.25) is 0 Å². The SMILES string of the molecule is CC(C)(C)c1ccc(C(=O)Nc2cc(Cl)c(-c3ccc[nH]3)cc2C(=O)O)cc1. The monoisotopic (exact) mass is 396 g/mol. The number of halogens is 1. The summed E-state index contributed by atoms with van der Waals surface area (Å²) in [5.41, 5.74) is 2.89. The van der Waals surface area contributed by atoms with E-state index in [0.29, 0.717) is 21.8 Å². The van der Waals surface area contributed by atoms with Crippen molar-refractivity contribution >= 4 is 29.2 Å². The highest BCUT2D eigenvalue weighted by Gasteiger charge is 2.19. The summed E-state index contributed by atoms with van der Waals surface area (Å²) in [5.74, 6) is -1.55. The molecule has 1 aromatic heterocycles. The van der Waals surface area contributed by atoms with Gasteiger partial charge in [0.05, 0.1) is 16.3 Å². The second-order valence-corrected chi connectivity index (χ2v) is 7.96. The number of hydrogen-bond acceptors (Lipinski definition) is 2. The van der Waals surface area contributed by atoms with Crippen LogP contribution in [0.15, 0.2) is 54.7 Å². The predicted molar refractivity (Wildman–Crippen MR) is 111 cm³/mol. The van der Waals surface area contributed by atoms with Gasteiger partial charge in [-0.05, 0) is 47.4 Å². The topological polar surface area (TPSA) is 82.2 Å². The van der Waals surface area contributed by atoms with E-state index in [0.717, 1.165) is 5.56 Å². The van der Waals surface area contributed by atoms with Crippen LogP contribution in [0.1, 0.15) is 47.1 Å². The van der Waals surface area contributed by atoms with E-state index in [1.54, 1.807) is 30.5 Å². The molecule has 28 heavy (non-hydrogen) atoms. The van der Waals surface area contributed by atoms with E-state index >= 15 is 0 Å². The van der Waals surface area contributed by atoms with E-state index < -0.39 is 11.9 Å². The minimum absolute atomic E-state index is 0.0212. The number of benzene rings is 2. The lowest BCUT2D eigenvalue weighted by Gasteiger charge is -2.19. The first-order chi connectivity index (χ1) is 13.2. The van der Waals surface area contributed by atoms with Crippen molar-refractivity contribution in [2.45, 2.75) is 26.2 Å². The molecule has 144 valence electrons. The van der Waals surface area contributed by atoms with Gasteiger partial charge in [0.1, 0.15) is 0 Å². The molecule has 3 aromatic rings. The summed E-state index contributed by atoms with van der Waals surface area (Å²) in [4.78, 5) is 27.3. The molecule has 0 bridgehead atoms. The zero-order chi connectivity index (χ0) is 20.5. The molecule has 0 unspecified atom stereocenters. The fourth-order valence-corrected chi connectivity index (χ4v) is 3.14. The van der Waals surface area contributed by atoms with Gasteiger partial charge in [-0.15, -0.1) is 0 Å². The summed E-state index contributed by atoms with van der Waals surface area (Å²) in [6.45, 7) is 6.28. The molecule has 0 fully saturated rings. The molecule has 1 heterocycles. The molecule has 0 spiro atoms. The average molecular weight is 397 g/mol. The Labute approximate surface area is 168 Å². The number of carbonyl (C=O) groups excluding carboxylic acids is 1. The Hall–Kier alpha value is -3.05. The average Bonchev–Trinajstić information content (AvgIpc) is 3.15. The van der Waals surface area contributed by atoms with E-state index in [1.807, 2.05) is 12.1 Å². The molecule has 2 aromatic carbocycles. The second kappa shape index (κ2) is 7.52. The fourth-order valence-electron chi connectivity index (χ4n) is 2.87. The van der Waals surface area contributed by atoms with E-state index in [9.17, 15) is 14.7 Å². The highest BCUT2D eigenvalue weighted by Crippen LogP contribution is 2.33. The number of H-pyrrole nitrogens is 1. The van der Waals surface area contributed by atoms with E-state index in [4.69, 9.17) is 11.6 Å². The first-order valence-corrected chi connectivity index (χ1v) is 9.17. The largest absolute Gasteiger partial charge is 0.478 e. The number of carboxylic acids is 1. The smallest absolute Gasteiger partial charge is 0.337 e. The minimum atomic E-state index is -1.15. The van der Waals surface area contributed by atoms with Crippen LogP contribution in [0.25, 0.3) is 11.3 Å². The van der Waals surface area contributed by atoms with Crippen LogP contribution in [0.3, 0.4) is 0 Å². The maximum absolute atomic E-state index is 12.6. The molecular weight excluding hydrogens is 376 g/mol. The molecule has 1 amide bonds. The molecule has 0 radical (unpaired) electrons. The normalized spacial score (nSPS) is 11.3. The third-order valence-corrected chi connectivity index (χ3v) is 4.80. The standard InChI is InChI=1S/C22H21ClN2O3/c1-22(2,3)14-8-6-13(7-9-14)20(26)25-19-12-17(23)15(11-16(19)21(27)28)18-5-4-10-24-18/h4-12,24H,1-3H3,(H,25,26)(H,27,28). The van der Waals surface area contributed by atoms with Crippen LogP contribution in [0.2, 0.25) is 5.02 Å². The van der Waals surface area contributed by atoms with Crippen molar-refractivity contribution in [1.29, 1.82) is 0 Å². The Kier molecular flexibility index (Phi) is 5.29. The summed E-state index contributed by atoms with van der Waals surface area (Å²) in [6, 6.07) is 13.8. The summed E-state index contributed by atoms with van der Waals surface area (Å²) in [6.07, 6.45) is 1.73. The maximum Gasteiger partial charge on any atom is 0.337 e. The van der Waals surface area contributed by atoms with Crippen molar-refractivity contribution in [3.8, 4) is 11.3 Å². The Morgan fingerprint density at radius 1 is 1.07 bits per heavy atom. The summed E-state index contributed by atoms with van der Waals surface area (Å²) in [7, 11) is 0. The third-order valence-electron chi connectivity index (χ3n) is 4.49. The van der Waals surface area contributed by atoms with Crippen LogP contribution in [-0.2, 0) is 5.41 Å². The molecule has 3 rings (SSSR count). The molecule has 0 saturated carbocycles. The number of aromatic amines is 1. The lowest BCUT2D eigenvalue weighted by Crippen LogP contribution is -2.16. The van der Waals surface area contributed by atoms with Crippen LogP contribution in [0, 0.1) is 0 Å². The number of aromatic carboxylic acids is 1. The summed E-state index contributed by atoms with van der Waals surface area (Å²) in [5, 5.41) is 12.6. The lowest BCUT2D eigenvalue weighted by atomic mass is 9.86. The Balaban J connectivity index is 1.92. The van der Waals surface area contributed by atoms with Gasteiger partial charge in [-0.2, -0.15) is 0 Å². The number of nitrogens with one attached hydrogen (secondary N) is 2. The predicted octanol–water partition coefficient (Wildman–Crippen LogP) is 5.58. The second-order valence-electron chi connectivity index (χ2n) is 7.55. The fraction of sp³-hybridized carbons (Fsp3) is 0.182. The van der Waals surface area contributed by atoms with Crippen molar-refractivity contribution in [1.82, 2.24) is 4.98 Å². The third kappa shape index (κ3) is 4.10. The Morgan fingerprint density at radius 3 is 2.29 bits per heavy atom. The summed E-state index contributed by atoms with van der Waals surface area (Å²) >= 11 is 6.33. The molecule has 0 atom stereocenters. The van der Waals surface area contributed by atoms with Crippen molar-refractivity contribution in [2.24, 2.45) is 0 Å². The number of carboxylic acid groups (broad SMARTS) is 1. The van der Waals surface area contributed by atoms with E-state index in [2.05, 4.69) is 31.1 Å².